The van der Waals surface area contributed by atoms with Crippen LogP contribution in [0.1, 0.15) is 54.6 Å². The zero-order valence-corrected chi connectivity index (χ0v) is 17.4. The van der Waals surface area contributed by atoms with Gasteiger partial charge in [0.05, 0.1) is 19.2 Å². The normalized spacial score (nSPS) is 20.7. The molecule has 2 heterocycles. The van der Waals surface area contributed by atoms with E-state index in [-0.39, 0.29) is 24.2 Å². The second-order valence-electron chi connectivity index (χ2n) is 7.83. The van der Waals surface area contributed by atoms with Crippen LogP contribution in [0.15, 0.2) is 36.4 Å². The predicted molar refractivity (Wildman–Crippen MR) is 113 cm³/mol. The molecule has 152 valence electrons. The number of rotatable bonds is 4. The Morgan fingerprint density at radius 3 is 2.52 bits per heavy atom. The minimum Gasteiger partial charge on any atom is -0.465 e. The van der Waals surface area contributed by atoms with Crippen molar-refractivity contribution in [3.05, 3.63) is 41.3 Å². The number of benzene rings is 1. The number of ether oxygens (including phenoxy) is 1. The maximum atomic E-state index is 13.0. The molecule has 2 aromatic rings. The number of Topliss-reactive ketones (excluding diaryl/α,β-unsaturated/α-hetero) is 1. The van der Waals surface area contributed by atoms with Gasteiger partial charge in [0.25, 0.3) is 0 Å². The quantitative estimate of drug-likeness (QED) is 0.533. The molecular formula is C23H25NO4S. The molecule has 5 nitrogen and oxygen atoms in total. The van der Waals surface area contributed by atoms with E-state index >= 15 is 0 Å². The van der Waals surface area contributed by atoms with Gasteiger partial charge in [0, 0.05) is 17.3 Å². The molecule has 0 radical (unpaired) electrons. The molecule has 2 fully saturated rings. The van der Waals surface area contributed by atoms with E-state index < -0.39 is 5.97 Å². The number of esters is 1. The largest absolute Gasteiger partial charge is 0.465 e. The molecule has 0 bridgehead atoms. The number of ketones is 1. The Bertz CT molecular complexity index is 914. The minimum atomic E-state index is -0.445. The lowest BCUT2D eigenvalue weighted by molar-refractivity contribution is -0.130. The van der Waals surface area contributed by atoms with Crippen molar-refractivity contribution in [2.75, 3.05) is 12.0 Å². The van der Waals surface area contributed by atoms with Crippen LogP contribution in [0.4, 0.5) is 5.69 Å². The number of hydrogen-bond acceptors (Lipinski definition) is 5. The van der Waals surface area contributed by atoms with Crippen molar-refractivity contribution < 1.29 is 19.1 Å². The fourth-order valence-electron chi connectivity index (χ4n) is 4.59. The molecule has 1 unspecified atom stereocenters. The minimum absolute atomic E-state index is 0.0000426. The number of amides is 1. The molecule has 1 saturated carbocycles. The van der Waals surface area contributed by atoms with Crippen LogP contribution in [0.25, 0.3) is 10.4 Å². The maximum absolute atomic E-state index is 13.0. The van der Waals surface area contributed by atoms with Crippen molar-refractivity contribution in [2.45, 2.75) is 51.0 Å². The third-order valence-electron chi connectivity index (χ3n) is 5.98. The highest BCUT2D eigenvalue weighted by Crippen LogP contribution is 2.42. The molecule has 1 aliphatic carbocycles. The van der Waals surface area contributed by atoms with Crippen molar-refractivity contribution in [1.82, 2.24) is 0 Å². The number of thiophene rings is 1. The second kappa shape index (κ2) is 8.49. The Morgan fingerprint density at radius 2 is 1.83 bits per heavy atom. The van der Waals surface area contributed by atoms with E-state index in [9.17, 15) is 14.4 Å². The summed E-state index contributed by atoms with van der Waals surface area (Å²) in [5, 5.41) is 0. The van der Waals surface area contributed by atoms with Crippen LogP contribution < -0.4 is 4.90 Å². The van der Waals surface area contributed by atoms with E-state index in [0.717, 1.165) is 36.1 Å². The van der Waals surface area contributed by atoms with Gasteiger partial charge >= 0.3 is 5.97 Å². The Kier molecular flexibility index (Phi) is 5.81. The van der Waals surface area contributed by atoms with Gasteiger partial charge < -0.3 is 9.64 Å². The fourth-order valence-corrected chi connectivity index (χ4v) is 5.66. The summed E-state index contributed by atoms with van der Waals surface area (Å²) in [4.78, 5) is 40.9. The molecule has 1 saturated heterocycles. The van der Waals surface area contributed by atoms with Crippen LogP contribution >= 0.6 is 11.3 Å². The first-order valence-corrected chi connectivity index (χ1v) is 11.0. The highest BCUT2D eigenvalue weighted by Gasteiger charge is 2.41. The number of nitrogens with zero attached hydrogens (tertiary/aromatic N) is 1. The summed E-state index contributed by atoms with van der Waals surface area (Å²) < 4.78 is 5.02. The van der Waals surface area contributed by atoms with Crippen LogP contribution in [0.5, 0.6) is 0 Å². The summed E-state index contributed by atoms with van der Waals surface area (Å²) in [5.74, 6) is -0.360. The summed E-state index contributed by atoms with van der Waals surface area (Å²) in [5.41, 5.74) is 1.58. The Labute approximate surface area is 174 Å². The summed E-state index contributed by atoms with van der Waals surface area (Å²) in [6, 6.07) is 11.5. The van der Waals surface area contributed by atoms with Crippen LogP contribution in [-0.2, 0) is 14.3 Å². The Hall–Kier alpha value is -2.47. The first kappa shape index (κ1) is 19.8. The van der Waals surface area contributed by atoms with Gasteiger partial charge in [-0.25, -0.2) is 4.79 Å². The van der Waals surface area contributed by atoms with Crippen molar-refractivity contribution in [3.63, 3.8) is 0 Å². The molecule has 1 amide bonds. The lowest BCUT2D eigenvalue weighted by Gasteiger charge is -2.41. The van der Waals surface area contributed by atoms with Crippen molar-refractivity contribution in [1.29, 1.82) is 0 Å². The van der Waals surface area contributed by atoms with Gasteiger partial charge in [-0.05, 0) is 30.4 Å². The second-order valence-corrected chi connectivity index (χ2v) is 8.88. The highest BCUT2D eigenvalue weighted by molar-refractivity contribution is 7.18. The Morgan fingerprint density at radius 1 is 1.10 bits per heavy atom. The predicted octanol–water partition coefficient (Wildman–Crippen LogP) is 4.85. The lowest BCUT2D eigenvalue weighted by Crippen LogP contribution is -2.51. The average Bonchev–Trinajstić information content (AvgIpc) is 3.19. The van der Waals surface area contributed by atoms with Crippen LogP contribution in [-0.4, -0.2) is 30.8 Å². The molecule has 4 rings (SSSR count). The number of anilines is 1. The zero-order chi connectivity index (χ0) is 20.4. The number of carbonyl (C=O) groups is 3. The molecule has 2 aliphatic rings. The van der Waals surface area contributed by atoms with E-state index in [4.69, 9.17) is 4.74 Å². The zero-order valence-electron chi connectivity index (χ0n) is 16.6. The molecule has 1 aromatic carbocycles. The molecule has 29 heavy (non-hydrogen) atoms. The van der Waals surface area contributed by atoms with E-state index in [2.05, 4.69) is 0 Å². The molecule has 6 heteroatoms. The lowest BCUT2D eigenvalue weighted by atomic mass is 9.79. The van der Waals surface area contributed by atoms with Crippen LogP contribution in [0.2, 0.25) is 0 Å². The van der Waals surface area contributed by atoms with Crippen molar-refractivity contribution in [3.8, 4) is 10.4 Å². The van der Waals surface area contributed by atoms with Gasteiger partial charge in [-0.1, -0.05) is 49.6 Å². The summed E-state index contributed by atoms with van der Waals surface area (Å²) in [6.45, 7) is 0. The van der Waals surface area contributed by atoms with E-state index in [1.807, 2.05) is 36.4 Å². The van der Waals surface area contributed by atoms with Gasteiger partial charge in [0.1, 0.15) is 10.7 Å². The first-order valence-electron chi connectivity index (χ1n) is 10.2. The topological polar surface area (TPSA) is 63.7 Å². The number of piperidine rings is 1. The van der Waals surface area contributed by atoms with E-state index in [1.165, 1.54) is 24.9 Å². The van der Waals surface area contributed by atoms with Crippen molar-refractivity contribution in [2.24, 2.45) is 5.92 Å². The van der Waals surface area contributed by atoms with Gasteiger partial charge in [0.2, 0.25) is 5.91 Å². The molecule has 0 N–H and O–H groups in total. The SMILES string of the molecule is COC(=O)c1sc(-c2ccccc2)cc1N1C(=O)CC(=O)CC1C1CCCCC1. The first-order chi connectivity index (χ1) is 14.1. The van der Waals surface area contributed by atoms with Gasteiger partial charge in [-0.3, -0.25) is 9.59 Å². The Balaban J connectivity index is 1.79. The number of methoxy groups -OCH3 is 1. The van der Waals surface area contributed by atoms with E-state index in [1.54, 1.807) is 4.90 Å². The maximum Gasteiger partial charge on any atom is 0.350 e. The van der Waals surface area contributed by atoms with Gasteiger partial charge in [-0.15, -0.1) is 11.3 Å². The molecular weight excluding hydrogens is 386 g/mol. The van der Waals surface area contributed by atoms with E-state index in [0.29, 0.717) is 22.9 Å². The summed E-state index contributed by atoms with van der Waals surface area (Å²) >= 11 is 1.34. The number of hydrogen-bond donors (Lipinski definition) is 0. The molecule has 1 aliphatic heterocycles. The van der Waals surface area contributed by atoms with Gasteiger partial charge in [-0.2, -0.15) is 0 Å². The molecule has 1 atom stereocenters. The van der Waals surface area contributed by atoms with Crippen molar-refractivity contribution >= 4 is 34.7 Å². The standard InChI is InChI=1S/C23H25NO4S/c1-28-23(27)22-19(14-20(29-22)16-10-6-3-7-11-16)24-18(12-17(25)13-21(24)26)15-8-4-2-5-9-15/h3,6-7,10-11,14-15,18H,2,4-5,8-9,12-13H2,1H3. The van der Waals surface area contributed by atoms with Crippen LogP contribution in [0.3, 0.4) is 0 Å². The third kappa shape index (κ3) is 3.99. The highest BCUT2D eigenvalue weighted by atomic mass is 32.1. The summed E-state index contributed by atoms with van der Waals surface area (Å²) in [7, 11) is 1.36. The average molecular weight is 412 g/mol. The monoisotopic (exact) mass is 411 g/mol. The molecule has 1 aromatic heterocycles. The van der Waals surface area contributed by atoms with Crippen LogP contribution in [0, 0.1) is 5.92 Å². The summed E-state index contributed by atoms with van der Waals surface area (Å²) in [6.07, 6.45) is 5.76. The third-order valence-corrected chi connectivity index (χ3v) is 7.13. The number of carbonyl (C=O) groups excluding carboxylic acids is 3. The molecule has 0 spiro atoms. The smallest absolute Gasteiger partial charge is 0.350 e. The van der Waals surface area contributed by atoms with Gasteiger partial charge in [0.15, 0.2) is 0 Å². The fraction of sp³-hybridized carbons (Fsp3) is 0.435.